The summed E-state index contributed by atoms with van der Waals surface area (Å²) in [6.07, 6.45) is 6.92. The van der Waals surface area contributed by atoms with Crippen molar-refractivity contribution in [3.8, 4) is 0 Å². The van der Waals surface area contributed by atoms with E-state index in [9.17, 15) is 4.79 Å². The lowest BCUT2D eigenvalue weighted by Gasteiger charge is -2.40. The van der Waals surface area contributed by atoms with Crippen molar-refractivity contribution in [2.24, 2.45) is 5.73 Å². The van der Waals surface area contributed by atoms with Crippen molar-refractivity contribution in [2.75, 3.05) is 19.6 Å². The largest absolute Gasteiger partial charge is 0.355 e. The fourth-order valence-corrected chi connectivity index (χ4v) is 2.37. The molecule has 0 aromatic heterocycles. The van der Waals surface area contributed by atoms with E-state index in [1.807, 2.05) is 6.92 Å². The molecule has 3 N–H and O–H groups in total. The van der Waals surface area contributed by atoms with Gasteiger partial charge in [-0.3, -0.25) is 9.69 Å². The number of nitrogens with one attached hydrogen (secondary N) is 1. The third-order valence-electron chi connectivity index (χ3n) is 3.87. The standard InChI is InChI=1S/C14H29N3O/c1-3-4-10-16-14(18)12(2)17(11-6-9-15)13-7-5-8-13/h12-13H,3-11,15H2,1-2H3,(H,16,18). The molecule has 0 saturated heterocycles. The molecule has 4 heteroatoms. The molecule has 1 aliphatic carbocycles. The molecule has 1 amide bonds. The van der Waals surface area contributed by atoms with E-state index < -0.39 is 0 Å². The summed E-state index contributed by atoms with van der Waals surface area (Å²) in [5.41, 5.74) is 5.58. The minimum Gasteiger partial charge on any atom is -0.355 e. The zero-order chi connectivity index (χ0) is 13.4. The number of hydrogen-bond donors (Lipinski definition) is 2. The number of carbonyl (C=O) groups excluding carboxylic acids is 1. The molecule has 1 saturated carbocycles. The van der Waals surface area contributed by atoms with E-state index in [4.69, 9.17) is 5.73 Å². The van der Waals surface area contributed by atoms with Crippen LogP contribution < -0.4 is 11.1 Å². The van der Waals surface area contributed by atoms with Gasteiger partial charge in [0.15, 0.2) is 0 Å². The molecule has 1 fully saturated rings. The highest BCUT2D eigenvalue weighted by molar-refractivity contribution is 5.81. The molecule has 1 aliphatic rings. The molecule has 1 atom stereocenters. The average molecular weight is 255 g/mol. The zero-order valence-corrected chi connectivity index (χ0v) is 12.0. The van der Waals surface area contributed by atoms with Gasteiger partial charge in [0, 0.05) is 19.1 Å². The zero-order valence-electron chi connectivity index (χ0n) is 12.0. The van der Waals surface area contributed by atoms with Crippen LogP contribution in [-0.4, -0.2) is 42.5 Å². The van der Waals surface area contributed by atoms with Gasteiger partial charge in [-0.1, -0.05) is 19.8 Å². The van der Waals surface area contributed by atoms with E-state index in [1.54, 1.807) is 0 Å². The van der Waals surface area contributed by atoms with Crippen LogP contribution in [0.25, 0.3) is 0 Å². The Morgan fingerprint density at radius 3 is 2.67 bits per heavy atom. The minimum absolute atomic E-state index is 0.0151. The lowest BCUT2D eigenvalue weighted by atomic mass is 9.90. The van der Waals surface area contributed by atoms with Crippen molar-refractivity contribution in [1.29, 1.82) is 0 Å². The summed E-state index contributed by atoms with van der Waals surface area (Å²) in [5.74, 6) is 0.173. The number of nitrogens with two attached hydrogens (primary N) is 1. The second-order valence-electron chi connectivity index (χ2n) is 5.29. The summed E-state index contributed by atoms with van der Waals surface area (Å²) in [5, 5.41) is 3.03. The van der Waals surface area contributed by atoms with Crippen molar-refractivity contribution in [3.63, 3.8) is 0 Å². The summed E-state index contributed by atoms with van der Waals surface area (Å²) in [6.45, 7) is 6.61. The Bertz CT molecular complexity index is 241. The summed E-state index contributed by atoms with van der Waals surface area (Å²) in [4.78, 5) is 14.4. The van der Waals surface area contributed by atoms with Gasteiger partial charge in [-0.05, 0) is 39.2 Å². The fraction of sp³-hybridized carbons (Fsp3) is 0.929. The third kappa shape index (κ3) is 4.58. The molecule has 0 bridgehead atoms. The maximum absolute atomic E-state index is 12.1. The van der Waals surface area contributed by atoms with E-state index in [0.29, 0.717) is 12.6 Å². The van der Waals surface area contributed by atoms with Crippen LogP contribution in [0, 0.1) is 0 Å². The number of amides is 1. The first-order chi connectivity index (χ1) is 8.70. The molecule has 0 spiro atoms. The molecular formula is C14H29N3O. The number of unbranched alkanes of at least 4 members (excludes halogenated alkanes) is 1. The summed E-state index contributed by atoms with van der Waals surface area (Å²) in [7, 11) is 0. The summed E-state index contributed by atoms with van der Waals surface area (Å²) in [6, 6.07) is 0.585. The van der Waals surface area contributed by atoms with Crippen molar-refractivity contribution in [2.45, 2.75) is 64.5 Å². The number of carbonyl (C=O) groups is 1. The van der Waals surface area contributed by atoms with Crippen molar-refractivity contribution in [3.05, 3.63) is 0 Å². The van der Waals surface area contributed by atoms with E-state index in [0.717, 1.165) is 32.4 Å². The molecule has 0 aromatic rings. The van der Waals surface area contributed by atoms with Crippen LogP contribution in [0.5, 0.6) is 0 Å². The SMILES string of the molecule is CCCCNC(=O)C(C)N(CCCN)C1CCC1. The quantitative estimate of drug-likeness (QED) is 0.614. The Labute approximate surface area is 111 Å². The highest BCUT2D eigenvalue weighted by Gasteiger charge is 2.30. The Morgan fingerprint density at radius 2 is 2.17 bits per heavy atom. The van der Waals surface area contributed by atoms with Crippen molar-refractivity contribution >= 4 is 5.91 Å². The third-order valence-corrected chi connectivity index (χ3v) is 3.87. The van der Waals surface area contributed by atoms with Gasteiger partial charge in [0.25, 0.3) is 0 Å². The topological polar surface area (TPSA) is 58.4 Å². The molecule has 0 aromatic carbocycles. The molecule has 106 valence electrons. The normalized spacial score (nSPS) is 17.6. The first-order valence-electron chi connectivity index (χ1n) is 7.44. The van der Waals surface area contributed by atoms with Crippen LogP contribution in [0.3, 0.4) is 0 Å². The van der Waals surface area contributed by atoms with Gasteiger partial charge < -0.3 is 11.1 Å². The monoisotopic (exact) mass is 255 g/mol. The van der Waals surface area contributed by atoms with Crippen LogP contribution >= 0.6 is 0 Å². The minimum atomic E-state index is -0.0151. The first kappa shape index (κ1) is 15.4. The van der Waals surface area contributed by atoms with Crippen molar-refractivity contribution < 1.29 is 4.79 Å². The van der Waals surface area contributed by atoms with Crippen LogP contribution in [-0.2, 0) is 4.79 Å². The molecule has 0 heterocycles. The summed E-state index contributed by atoms with van der Waals surface area (Å²) < 4.78 is 0. The van der Waals surface area contributed by atoms with Crippen molar-refractivity contribution in [1.82, 2.24) is 10.2 Å². The van der Waals surface area contributed by atoms with Gasteiger partial charge in [0.2, 0.25) is 5.91 Å². The Kier molecular flexibility index (Phi) is 7.28. The van der Waals surface area contributed by atoms with E-state index in [2.05, 4.69) is 17.1 Å². The predicted molar refractivity (Wildman–Crippen MR) is 75.4 cm³/mol. The van der Waals surface area contributed by atoms with Gasteiger partial charge in [-0.25, -0.2) is 0 Å². The van der Waals surface area contributed by atoms with E-state index in [-0.39, 0.29) is 11.9 Å². The van der Waals surface area contributed by atoms with Gasteiger partial charge in [0.05, 0.1) is 6.04 Å². The number of nitrogens with zero attached hydrogens (tertiary/aromatic N) is 1. The van der Waals surface area contributed by atoms with E-state index >= 15 is 0 Å². The highest BCUT2D eigenvalue weighted by Crippen LogP contribution is 2.26. The molecule has 1 unspecified atom stereocenters. The molecule has 0 aliphatic heterocycles. The number of rotatable bonds is 9. The second kappa shape index (κ2) is 8.48. The molecule has 4 nitrogen and oxygen atoms in total. The van der Waals surface area contributed by atoms with Crippen LogP contribution in [0.2, 0.25) is 0 Å². The maximum Gasteiger partial charge on any atom is 0.237 e. The van der Waals surface area contributed by atoms with Gasteiger partial charge in [-0.15, -0.1) is 0 Å². The second-order valence-corrected chi connectivity index (χ2v) is 5.29. The first-order valence-corrected chi connectivity index (χ1v) is 7.44. The lowest BCUT2D eigenvalue weighted by molar-refractivity contribution is -0.127. The van der Waals surface area contributed by atoms with Crippen LogP contribution in [0.15, 0.2) is 0 Å². The molecule has 18 heavy (non-hydrogen) atoms. The Morgan fingerprint density at radius 1 is 1.44 bits per heavy atom. The maximum atomic E-state index is 12.1. The average Bonchev–Trinajstić information content (AvgIpc) is 2.31. The molecule has 1 rings (SSSR count). The van der Waals surface area contributed by atoms with Gasteiger partial charge in [0.1, 0.15) is 0 Å². The fourth-order valence-electron chi connectivity index (χ4n) is 2.37. The Balaban J connectivity index is 2.41. The molecule has 0 radical (unpaired) electrons. The van der Waals surface area contributed by atoms with Crippen LogP contribution in [0.4, 0.5) is 0 Å². The number of hydrogen-bond acceptors (Lipinski definition) is 3. The van der Waals surface area contributed by atoms with Gasteiger partial charge >= 0.3 is 0 Å². The smallest absolute Gasteiger partial charge is 0.237 e. The van der Waals surface area contributed by atoms with Crippen LogP contribution in [0.1, 0.15) is 52.4 Å². The highest BCUT2D eigenvalue weighted by atomic mass is 16.2. The predicted octanol–water partition coefficient (Wildman–Crippen LogP) is 1.49. The molecular weight excluding hydrogens is 226 g/mol. The van der Waals surface area contributed by atoms with E-state index in [1.165, 1.54) is 19.3 Å². The lowest BCUT2D eigenvalue weighted by Crippen LogP contribution is -2.52. The summed E-state index contributed by atoms with van der Waals surface area (Å²) >= 11 is 0. The Hall–Kier alpha value is -0.610. The van der Waals surface area contributed by atoms with Gasteiger partial charge in [-0.2, -0.15) is 0 Å².